The number of carbonyl (C=O) groups excluding carboxylic acids is 1. The van der Waals surface area contributed by atoms with Crippen molar-refractivity contribution in [1.29, 1.82) is 0 Å². The summed E-state index contributed by atoms with van der Waals surface area (Å²) in [4.78, 5) is 17.3. The molecule has 1 heterocycles. The van der Waals surface area contributed by atoms with Gasteiger partial charge in [-0.25, -0.2) is 0 Å². The minimum atomic E-state index is -0.0332. The Bertz CT molecular complexity index is 800. The summed E-state index contributed by atoms with van der Waals surface area (Å²) in [6.07, 6.45) is 3.78. The van der Waals surface area contributed by atoms with Crippen LogP contribution in [0.15, 0.2) is 48.5 Å². The molecule has 0 aromatic heterocycles. The van der Waals surface area contributed by atoms with Gasteiger partial charge in [0.05, 0.1) is 0 Å². The molecule has 0 unspecified atom stereocenters. The minimum absolute atomic E-state index is 0.0332. The third-order valence-electron chi connectivity index (χ3n) is 6.01. The summed E-state index contributed by atoms with van der Waals surface area (Å²) < 4.78 is 0. The highest BCUT2D eigenvalue weighted by Gasteiger charge is 2.28. The van der Waals surface area contributed by atoms with Crippen molar-refractivity contribution in [3.63, 3.8) is 0 Å². The Morgan fingerprint density at radius 1 is 1.04 bits per heavy atom. The van der Waals surface area contributed by atoms with Crippen LogP contribution in [0.1, 0.15) is 40.4 Å². The van der Waals surface area contributed by atoms with E-state index in [2.05, 4.69) is 39.4 Å². The van der Waals surface area contributed by atoms with Crippen molar-refractivity contribution < 1.29 is 4.79 Å². The van der Waals surface area contributed by atoms with Crippen LogP contribution in [0.25, 0.3) is 0 Å². The molecule has 0 saturated carbocycles. The summed E-state index contributed by atoms with van der Waals surface area (Å²) in [6, 6.07) is 16.6. The molecule has 1 aliphatic carbocycles. The van der Waals surface area contributed by atoms with Gasteiger partial charge in [-0.2, -0.15) is 0 Å². The molecule has 1 atom stereocenters. The van der Waals surface area contributed by atoms with Crippen molar-refractivity contribution in [3.05, 3.63) is 70.2 Å². The van der Waals surface area contributed by atoms with E-state index in [0.717, 1.165) is 32.7 Å². The highest BCUT2D eigenvalue weighted by atomic mass is 35.5. The first-order chi connectivity index (χ1) is 13.7. The van der Waals surface area contributed by atoms with E-state index in [-0.39, 0.29) is 5.91 Å². The fourth-order valence-electron chi connectivity index (χ4n) is 4.44. The second-order valence-electron chi connectivity index (χ2n) is 7.75. The van der Waals surface area contributed by atoms with Crippen LogP contribution >= 0.6 is 11.6 Å². The van der Waals surface area contributed by atoms with Crippen molar-refractivity contribution in [2.45, 2.75) is 25.3 Å². The van der Waals surface area contributed by atoms with Gasteiger partial charge in [-0.15, -0.1) is 0 Å². The molecule has 2 aromatic carbocycles. The molecular weight excluding hydrogens is 370 g/mol. The lowest BCUT2D eigenvalue weighted by molar-refractivity contribution is 0.0847. The monoisotopic (exact) mass is 397 g/mol. The van der Waals surface area contributed by atoms with E-state index in [4.69, 9.17) is 11.6 Å². The Morgan fingerprint density at radius 2 is 1.79 bits per heavy atom. The number of piperazine rings is 1. The number of rotatable bonds is 5. The molecule has 0 bridgehead atoms. The first-order valence-corrected chi connectivity index (χ1v) is 10.7. The van der Waals surface area contributed by atoms with E-state index in [1.165, 1.54) is 30.4 Å². The summed E-state index contributed by atoms with van der Waals surface area (Å²) in [7, 11) is 0. The molecule has 4 rings (SSSR count). The van der Waals surface area contributed by atoms with Crippen LogP contribution in [-0.4, -0.2) is 55.0 Å². The molecule has 0 spiro atoms. The van der Waals surface area contributed by atoms with Gasteiger partial charge in [0.2, 0.25) is 0 Å². The maximum atomic E-state index is 12.2. The van der Waals surface area contributed by atoms with E-state index >= 15 is 0 Å². The molecule has 1 amide bonds. The fraction of sp³-hybridized carbons (Fsp3) is 0.435. The van der Waals surface area contributed by atoms with E-state index in [0.29, 0.717) is 23.2 Å². The molecule has 2 aliphatic rings. The summed E-state index contributed by atoms with van der Waals surface area (Å²) in [6.45, 7) is 5.90. The molecule has 5 heteroatoms. The maximum Gasteiger partial charge on any atom is 0.251 e. The number of halogens is 1. The largest absolute Gasteiger partial charge is 0.351 e. The first-order valence-electron chi connectivity index (χ1n) is 10.3. The number of hydrogen-bond donors (Lipinski definition) is 1. The van der Waals surface area contributed by atoms with Crippen LogP contribution in [0.3, 0.4) is 0 Å². The lowest BCUT2D eigenvalue weighted by atomic mass is 9.86. The van der Waals surface area contributed by atoms with Gasteiger partial charge in [0.15, 0.2) is 0 Å². The second-order valence-corrected chi connectivity index (χ2v) is 8.18. The zero-order valence-corrected chi connectivity index (χ0v) is 17.0. The third kappa shape index (κ3) is 4.57. The highest BCUT2D eigenvalue weighted by Crippen LogP contribution is 2.34. The smallest absolute Gasteiger partial charge is 0.251 e. The Balaban J connectivity index is 1.23. The quantitative estimate of drug-likeness (QED) is 0.834. The molecule has 148 valence electrons. The van der Waals surface area contributed by atoms with E-state index < -0.39 is 0 Å². The van der Waals surface area contributed by atoms with E-state index in [1.54, 1.807) is 24.3 Å². The fourth-order valence-corrected chi connectivity index (χ4v) is 4.56. The highest BCUT2D eigenvalue weighted by molar-refractivity contribution is 6.30. The average Bonchev–Trinajstić information content (AvgIpc) is 2.74. The SMILES string of the molecule is O=C(NCCN1CCN([C@H]2CCCc3ccccc32)CC1)c1ccc(Cl)cc1. The second kappa shape index (κ2) is 9.08. The van der Waals surface area contributed by atoms with Crippen molar-refractivity contribution in [3.8, 4) is 0 Å². The first kappa shape index (κ1) is 19.4. The van der Waals surface area contributed by atoms with Crippen molar-refractivity contribution in [2.75, 3.05) is 39.3 Å². The van der Waals surface area contributed by atoms with E-state index in [1.807, 2.05) is 0 Å². The number of fused-ring (bicyclic) bond motifs is 1. The number of amides is 1. The van der Waals surface area contributed by atoms with Gasteiger partial charge in [0, 0.05) is 55.9 Å². The van der Waals surface area contributed by atoms with Crippen LogP contribution in [0.2, 0.25) is 5.02 Å². The predicted octanol–water partition coefficient (Wildman–Crippen LogP) is 3.77. The number of hydrogen-bond acceptors (Lipinski definition) is 3. The lowest BCUT2D eigenvalue weighted by Gasteiger charge is -2.41. The van der Waals surface area contributed by atoms with Gasteiger partial charge in [-0.1, -0.05) is 35.9 Å². The number of nitrogens with zero attached hydrogens (tertiary/aromatic N) is 2. The van der Waals surface area contributed by atoms with Gasteiger partial charge in [0.1, 0.15) is 0 Å². The van der Waals surface area contributed by atoms with Crippen molar-refractivity contribution in [1.82, 2.24) is 15.1 Å². The van der Waals surface area contributed by atoms with Gasteiger partial charge in [0.25, 0.3) is 5.91 Å². The molecule has 1 aliphatic heterocycles. The molecular formula is C23H28ClN3O. The van der Waals surface area contributed by atoms with Crippen molar-refractivity contribution in [2.24, 2.45) is 0 Å². The molecule has 1 N–H and O–H groups in total. The normalized spacial score (nSPS) is 20.5. The van der Waals surface area contributed by atoms with Gasteiger partial charge < -0.3 is 5.32 Å². The molecule has 1 fully saturated rings. The summed E-state index contributed by atoms with van der Waals surface area (Å²) in [5.74, 6) is -0.0332. The van der Waals surface area contributed by atoms with Gasteiger partial charge >= 0.3 is 0 Å². The van der Waals surface area contributed by atoms with Crippen LogP contribution in [0.4, 0.5) is 0 Å². The zero-order valence-electron chi connectivity index (χ0n) is 16.2. The van der Waals surface area contributed by atoms with Gasteiger partial charge in [-0.3, -0.25) is 14.6 Å². The van der Waals surface area contributed by atoms with Crippen LogP contribution in [0, 0.1) is 0 Å². The van der Waals surface area contributed by atoms with E-state index in [9.17, 15) is 4.79 Å². The Hall–Kier alpha value is -1.88. The number of aryl methyl sites for hydroxylation is 1. The van der Waals surface area contributed by atoms with Crippen LogP contribution in [-0.2, 0) is 6.42 Å². The molecule has 0 radical (unpaired) electrons. The molecule has 2 aromatic rings. The number of carbonyl (C=O) groups is 1. The standard InChI is InChI=1S/C23H28ClN3O/c24-20-10-8-19(9-11-20)23(28)25-12-13-26-14-16-27(17-15-26)22-7-3-5-18-4-1-2-6-21(18)22/h1-2,4,6,8-11,22H,3,5,7,12-17H2,(H,25,28)/t22-/m0/s1. The summed E-state index contributed by atoms with van der Waals surface area (Å²) >= 11 is 5.88. The topological polar surface area (TPSA) is 35.6 Å². The van der Waals surface area contributed by atoms with Crippen LogP contribution in [0.5, 0.6) is 0 Å². The Morgan fingerprint density at radius 3 is 2.57 bits per heavy atom. The van der Waals surface area contributed by atoms with Crippen LogP contribution < -0.4 is 5.32 Å². The lowest BCUT2D eigenvalue weighted by Crippen LogP contribution is -2.49. The third-order valence-corrected chi connectivity index (χ3v) is 6.26. The maximum absolute atomic E-state index is 12.2. The van der Waals surface area contributed by atoms with Gasteiger partial charge in [-0.05, 0) is 54.7 Å². The average molecular weight is 398 g/mol. The number of benzene rings is 2. The van der Waals surface area contributed by atoms with Crippen molar-refractivity contribution >= 4 is 17.5 Å². The summed E-state index contributed by atoms with van der Waals surface area (Å²) in [5.41, 5.74) is 3.73. The predicted molar refractivity (Wildman–Crippen MR) is 114 cm³/mol. The molecule has 1 saturated heterocycles. The summed E-state index contributed by atoms with van der Waals surface area (Å²) in [5, 5.41) is 3.66. The molecule has 28 heavy (non-hydrogen) atoms. The molecule has 4 nitrogen and oxygen atoms in total. The number of nitrogens with one attached hydrogen (secondary N) is 1. The Kier molecular flexibility index (Phi) is 6.30. The Labute approximate surface area is 172 Å². The minimum Gasteiger partial charge on any atom is -0.351 e. The zero-order chi connectivity index (χ0) is 19.3.